The van der Waals surface area contributed by atoms with Crippen LogP contribution in [-0.4, -0.2) is 27.0 Å². The van der Waals surface area contributed by atoms with E-state index in [1.165, 1.54) is 5.56 Å². The first-order chi connectivity index (χ1) is 14.1. The van der Waals surface area contributed by atoms with Crippen LogP contribution in [0.15, 0.2) is 54.4 Å². The van der Waals surface area contributed by atoms with Crippen LogP contribution in [0.3, 0.4) is 0 Å². The van der Waals surface area contributed by atoms with E-state index in [2.05, 4.69) is 31.0 Å². The topological polar surface area (TPSA) is 51.0 Å². The number of amides is 1. The zero-order valence-electron chi connectivity index (χ0n) is 16.8. The molecule has 3 heterocycles. The Balaban J connectivity index is 0.00000256. The lowest BCUT2D eigenvalue weighted by Gasteiger charge is -2.18. The second-order valence-corrected chi connectivity index (χ2v) is 8.91. The number of benzene rings is 1. The molecule has 0 aliphatic rings. The van der Waals surface area contributed by atoms with E-state index in [0.717, 1.165) is 38.8 Å². The van der Waals surface area contributed by atoms with E-state index in [1.54, 1.807) is 46.2 Å². The zero-order chi connectivity index (χ0) is 20.2. The van der Waals surface area contributed by atoms with Gasteiger partial charge in [0.1, 0.15) is 0 Å². The van der Waals surface area contributed by atoms with Gasteiger partial charge in [0, 0.05) is 36.4 Å². The number of hydrogen-bond acceptors (Lipinski definition) is 5. The summed E-state index contributed by atoms with van der Waals surface area (Å²) >= 11 is 3.19. The Morgan fingerprint density at radius 1 is 1.30 bits per heavy atom. The molecule has 3 aromatic heterocycles. The minimum Gasteiger partial charge on any atom is -0.337 e. The second kappa shape index (κ2) is 10.0. The number of nitrogens with zero attached hydrogens (tertiary/aromatic N) is 4. The van der Waals surface area contributed by atoms with Crippen molar-refractivity contribution in [3.8, 4) is 0 Å². The second-order valence-electron chi connectivity index (χ2n) is 6.92. The quantitative estimate of drug-likeness (QED) is 0.332. The Morgan fingerprint density at radius 2 is 2.17 bits per heavy atom. The highest BCUT2D eigenvalue weighted by Gasteiger charge is 2.18. The zero-order valence-corrected chi connectivity index (χ0v) is 19.3. The average molecular weight is 459 g/mol. The monoisotopic (exact) mass is 458 g/mol. The number of thiophene rings is 1. The van der Waals surface area contributed by atoms with Crippen molar-refractivity contribution in [1.29, 1.82) is 0 Å². The van der Waals surface area contributed by atoms with E-state index in [1.807, 2.05) is 34.4 Å². The maximum Gasteiger partial charge on any atom is 0.252 e. The number of carbonyl (C=O) groups is 1. The van der Waals surface area contributed by atoms with Gasteiger partial charge in [-0.15, -0.1) is 23.7 Å². The molecule has 0 radical (unpaired) electrons. The van der Waals surface area contributed by atoms with Crippen molar-refractivity contribution in [2.24, 2.45) is 0 Å². The molecule has 4 aromatic rings. The van der Waals surface area contributed by atoms with Crippen LogP contribution >= 0.6 is 35.1 Å². The van der Waals surface area contributed by atoms with Crippen molar-refractivity contribution < 1.29 is 4.79 Å². The number of rotatable bonds is 7. The van der Waals surface area contributed by atoms with E-state index in [4.69, 9.17) is 4.98 Å². The first-order valence-electron chi connectivity index (χ1n) is 9.47. The number of imidazole rings is 1. The molecule has 30 heavy (non-hydrogen) atoms. The first-order valence-corrected chi connectivity index (χ1v) is 11.2. The maximum absolute atomic E-state index is 13.1. The summed E-state index contributed by atoms with van der Waals surface area (Å²) < 4.78 is 3.14. The highest BCUT2D eigenvalue weighted by Crippen LogP contribution is 2.32. The van der Waals surface area contributed by atoms with Crippen molar-refractivity contribution in [1.82, 2.24) is 14.5 Å². The number of halogens is 1. The average Bonchev–Trinajstić information content (AvgIpc) is 3.44. The van der Waals surface area contributed by atoms with Gasteiger partial charge in [-0.1, -0.05) is 23.5 Å². The van der Waals surface area contributed by atoms with E-state index >= 15 is 0 Å². The number of carbonyl (C=O) groups excluding carboxylic acids is 1. The highest BCUT2D eigenvalue weighted by atomic mass is 35.5. The van der Waals surface area contributed by atoms with E-state index in [9.17, 15) is 4.79 Å². The molecule has 0 fully saturated rings. The number of aromatic nitrogens is 3. The predicted octanol–water partition coefficient (Wildman–Crippen LogP) is 5.73. The lowest BCUT2D eigenvalue weighted by Crippen LogP contribution is -2.30. The molecular formula is C22H23ClN4OS2. The molecule has 0 aliphatic heterocycles. The number of anilines is 1. The molecule has 5 nitrogen and oxygen atoms in total. The molecule has 156 valence electrons. The van der Waals surface area contributed by atoms with Crippen molar-refractivity contribution in [3.63, 3.8) is 0 Å². The summed E-state index contributed by atoms with van der Waals surface area (Å²) in [6.45, 7) is 5.56. The van der Waals surface area contributed by atoms with Gasteiger partial charge in [0.05, 0.1) is 16.5 Å². The Bertz CT molecular complexity index is 1130. The van der Waals surface area contributed by atoms with Gasteiger partial charge >= 0.3 is 0 Å². The van der Waals surface area contributed by atoms with Gasteiger partial charge in [0.2, 0.25) is 0 Å². The molecule has 8 heteroatoms. The third kappa shape index (κ3) is 5.16. The minimum atomic E-state index is -0.0440. The summed E-state index contributed by atoms with van der Waals surface area (Å²) in [5, 5.41) is 2.76. The van der Waals surface area contributed by atoms with E-state index in [0.29, 0.717) is 6.54 Å². The van der Waals surface area contributed by atoms with Crippen molar-refractivity contribution >= 4 is 62.4 Å². The van der Waals surface area contributed by atoms with Gasteiger partial charge in [-0.25, -0.2) is 9.97 Å². The van der Waals surface area contributed by atoms with Crippen LogP contribution < -0.4 is 4.90 Å². The summed E-state index contributed by atoms with van der Waals surface area (Å²) in [4.78, 5) is 24.8. The SMILES string of the molecule is Cc1cc(C)c2nc(N(CCCn3ccnc3)C(=O)C=Cc3cccs3)sc2c1.Cl. The van der Waals surface area contributed by atoms with Crippen molar-refractivity contribution in [2.75, 3.05) is 11.4 Å². The van der Waals surface area contributed by atoms with Gasteiger partial charge in [0.25, 0.3) is 5.91 Å². The maximum atomic E-state index is 13.1. The van der Waals surface area contributed by atoms with Crippen molar-refractivity contribution in [2.45, 2.75) is 26.8 Å². The summed E-state index contributed by atoms with van der Waals surface area (Å²) in [5.41, 5.74) is 3.33. The summed E-state index contributed by atoms with van der Waals surface area (Å²) in [6, 6.07) is 8.25. The molecule has 0 aliphatic carbocycles. The fraction of sp³-hybridized carbons (Fsp3) is 0.227. The Morgan fingerprint density at radius 3 is 2.90 bits per heavy atom. The predicted molar refractivity (Wildman–Crippen MR) is 129 cm³/mol. The third-order valence-electron chi connectivity index (χ3n) is 4.61. The molecule has 0 unspecified atom stereocenters. The lowest BCUT2D eigenvalue weighted by molar-refractivity contribution is -0.114. The minimum absolute atomic E-state index is 0. The molecule has 0 spiro atoms. The number of aryl methyl sites for hydroxylation is 3. The van der Waals surface area contributed by atoms with Crippen molar-refractivity contribution in [3.05, 3.63) is 70.4 Å². The van der Waals surface area contributed by atoms with Gasteiger partial charge < -0.3 is 4.57 Å². The van der Waals surface area contributed by atoms with Crippen LogP contribution in [-0.2, 0) is 11.3 Å². The van der Waals surface area contributed by atoms with Gasteiger partial charge in [0.15, 0.2) is 5.13 Å². The standard InChI is InChI=1S/C22H22N4OS2.ClH/c1-16-13-17(2)21-19(14-16)29-22(24-21)26(10-4-9-25-11-8-23-15-25)20(27)7-6-18-5-3-12-28-18;/h3,5-8,11-15H,4,9-10H2,1-2H3;1H. The molecule has 0 saturated heterocycles. The van der Waals surface area contributed by atoms with Gasteiger partial charge in [-0.05, 0) is 55.0 Å². The summed E-state index contributed by atoms with van der Waals surface area (Å²) in [6.07, 6.45) is 9.85. The van der Waals surface area contributed by atoms with Crippen LogP contribution in [0.4, 0.5) is 5.13 Å². The third-order valence-corrected chi connectivity index (χ3v) is 6.47. The molecular weight excluding hydrogens is 436 g/mol. The molecule has 1 aromatic carbocycles. The molecule has 0 atom stereocenters. The fourth-order valence-electron chi connectivity index (χ4n) is 3.23. The summed E-state index contributed by atoms with van der Waals surface area (Å²) in [7, 11) is 0. The molecule has 0 N–H and O–H groups in total. The normalized spacial score (nSPS) is 11.1. The van der Waals surface area contributed by atoms with Crippen LogP contribution in [0.1, 0.15) is 22.4 Å². The van der Waals surface area contributed by atoms with Gasteiger partial charge in [-0.3, -0.25) is 9.69 Å². The number of hydrogen-bond donors (Lipinski definition) is 0. The smallest absolute Gasteiger partial charge is 0.252 e. The number of fused-ring (bicyclic) bond motifs is 1. The Labute approximate surface area is 190 Å². The van der Waals surface area contributed by atoms with Crippen LogP contribution in [0.25, 0.3) is 16.3 Å². The molecule has 1 amide bonds. The van der Waals surface area contributed by atoms with Crippen LogP contribution in [0.5, 0.6) is 0 Å². The fourth-order valence-corrected chi connectivity index (χ4v) is 5.03. The van der Waals surface area contributed by atoms with E-state index < -0.39 is 0 Å². The van der Waals surface area contributed by atoms with E-state index in [-0.39, 0.29) is 18.3 Å². The molecule has 0 bridgehead atoms. The lowest BCUT2D eigenvalue weighted by atomic mass is 10.1. The highest BCUT2D eigenvalue weighted by molar-refractivity contribution is 7.22. The first kappa shape index (κ1) is 22.2. The molecule has 0 saturated carbocycles. The summed E-state index contributed by atoms with van der Waals surface area (Å²) in [5.74, 6) is -0.0440. The van der Waals surface area contributed by atoms with Gasteiger partial charge in [-0.2, -0.15) is 0 Å². The van der Waals surface area contributed by atoms with Crippen LogP contribution in [0, 0.1) is 13.8 Å². The largest absolute Gasteiger partial charge is 0.337 e. The number of thiazole rings is 1. The molecule has 4 rings (SSSR count). The van der Waals surface area contributed by atoms with Crippen LogP contribution in [0.2, 0.25) is 0 Å². The Kier molecular flexibility index (Phi) is 7.42. The Hall–Kier alpha value is -2.48.